The van der Waals surface area contributed by atoms with Gasteiger partial charge in [0, 0.05) is 16.2 Å². The molecule has 1 aliphatic rings. The predicted molar refractivity (Wildman–Crippen MR) is 62.9 cm³/mol. The van der Waals surface area contributed by atoms with Crippen molar-refractivity contribution in [2.24, 2.45) is 5.73 Å². The topological polar surface area (TPSA) is 26.0 Å². The van der Waals surface area contributed by atoms with Gasteiger partial charge in [-0.3, -0.25) is 0 Å². The third-order valence-electron chi connectivity index (χ3n) is 2.95. The van der Waals surface area contributed by atoms with E-state index in [9.17, 15) is 0 Å². The second-order valence-corrected chi connectivity index (χ2v) is 5.48. The molecule has 2 atom stereocenters. The SMILES string of the molecule is Cc1ccc(C)c2c1CC(C(C)N)S2. The predicted octanol–water partition coefficient (Wildman–Crippen LogP) is 2.67. The second-order valence-electron chi connectivity index (χ2n) is 4.23. The first-order chi connectivity index (χ1) is 6.59. The maximum Gasteiger partial charge on any atom is 0.0284 e. The van der Waals surface area contributed by atoms with Crippen molar-refractivity contribution in [3.8, 4) is 0 Å². The van der Waals surface area contributed by atoms with Crippen LogP contribution in [0.15, 0.2) is 17.0 Å². The lowest BCUT2D eigenvalue weighted by atomic mass is 10.00. The highest BCUT2D eigenvalue weighted by Gasteiger charge is 2.27. The Morgan fingerprint density at radius 1 is 1.36 bits per heavy atom. The van der Waals surface area contributed by atoms with E-state index in [2.05, 4.69) is 32.9 Å². The number of hydrogen-bond acceptors (Lipinski definition) is 2. The number of rotatable bonds is 1. The highest BCUT2D eigenvalue weighted by Crippen LogP contribution is 2.41. The van der Waals surface area contributed by atoms with Gasteiger partial charge in [0.05, 0.1) is 0 Å². The monoisotopic (exact) mass is 207 g/mol. The second kappa shape index (κ2) is 3.59. The van der Waals surface area contributed by atoms with Gasteiger partial charge in [0.25, 0.3) is 0 Å². The third-order valence-corrected chi connectivity index (χ3v) is 4.66. The molecular weight excluding hydrogens is 190 g/mol. The number of fused-ring (bicyclic) bond motifs is 1. The minimum atomic E-state index is 0.284. The molecule has 14 heavy (non-hydrogen) atoms. The molecule has 0 aromatic heterocycles. The van der Waals surface area contributed by atoms with Gasteiger partial charge in [-0.25, -0.2) is 0 Å². The molecule has 1 nitrogen and oxygen atoms in total. The Labute approximate surface area is 90.1 Å². The van der Waals surface area contributed by atoms with Crippen molar-refractivity contribution in [2.75, 3.05) is 0 Å². The smallest absolute Gasteiger partial charge is 0.0284 e. The minimum absolute atomic E-state index is 0.284. The third kappa shape index (κ3) is 1.57. The molecule has 76 valence electrons. The van der Waals surface area contributed by atoms with E-state index < -0.39 is 0 Å². The zero-order valence-corrected chi connectivity index (χ0v) is 9.82. The van der Waals surface area contributed by atoms with Crippen LogP contribution in [0.4, 0.5) is 0 Å². The first kappa shape index (κ1) is 10.1. The summed E-state index contributed by atoms with van der Waals surface area (Å²) in [5.74, 6) is 0. The summed E-state index contributed by atoms with van der Waals surface area (Å²) < 4.78 is 0. The summed E-state index contributed by atoms with van der Waals surface area (Å²) in [6.07, 6.45) is 1.14. The Morgan fingerprint density at radius 3 is 2.57 bits per heavy atom. The average Bonchev–Trinajstić information content (AvgIpc) is 2.57. The summed E-state index contributed by atoms with van der Waals surface area (Å²) in [5.41, 5.74) is 10.3. The maximum atomic E-state index is 5.96. The molecule has 2 heteroatoms. The van der Waals surface area contributed by atoms with Crippen LogP contribution < -0.4 is 5.73 Å². The highest BCUT2D eigenvalue weighted by molar-refractivity contribution is 8.00. The van der Waals surface area contributed by atoms with Crippen LogP contribution in [0.5, 0.6) is 0 Å². The van der Waals surface area contributed by atoms with Crippen LogP contribution in [-0.2, 0) is 6.42 Å². The molecule has 0 fully saturated rings. The molecule has 1 aromatic rings. The van der Waals surface area contributed by atoms with E-state index in [1.165, 1.54) is 21.6 Å². The van der Waals surface area contributed by atoms with E-state index >= 15 is 0 Å². The summed E-state index contributed by atoms with van der Waals surface area (Å²) in [6.45, 7) is 6.49. The van der Waals surface area contributed by atoms with Crippen LogP contribution in [0.25, 0.3) is 0 Å². The Balaban J connectivity index is 2.38. The van der Waals surface area contributed by atoms with Crippen LogP contribution in [0.3, 0.4) is 0 Å². The van der Waals surface area contributed by atoms with Gasteiger partial charge in [0.2, 0.25) is 0 Å². The fourth-order valence-corrected chi connectivity index (χ4v) is 3.36. The van der Waals surface area contributed by atoms with Gasteiger partial charge in [-0.1, -0.05) is 12.1 Å². The van der Waals surface area contributed by atoms with Crippen LogP contribution in [0.2, 0.25) is 0 Å². The maximum absolute atomic E-state index is 5.96. The highest BCUT2D eigenvalue weighted by atomic mass is 32.2. The molecule has 2 N–H and O–H groups in total. The van der Waals surface area contributed by atoms with E-state index in [0.717, 1.165) is 6.42 Å². The van der Waals surface area contributed by atoms with Crippen molar-refractivity contribution in [1.29, 1.82) is 0 Å². The molecule has 2 rings (SSSR count). The van der Waals surface area contributed by atoms with Crippen molar-refractivity contribution in [1.82, 2.24) is 0 Å². The van der Waals surface area contributed by atoms with Crippen molar-refractivity contribution < 1.29 is 0 Å². The quantitative estimate of drug-likeness (QED) is 0.766. The Bertz CT molecular complexity index is 327. The number of thioether (sulfide) groups is 1. The molecule has 0 bridgehead atoms. The van der Waals surface area contributed by atoms with Crippen molar-refractivity contribution >= 4 is 11.8 Å². The van der Waals surface area contributed by atoms with Gasteiger partial charge in [-0.2, -0.15) is 0 Å². The lowest BCUT2D eigenvalue weighted by Crippen LogP contribution is -2.28. The van der Waals surface area contributed by atoms with Gasteiger partial charge < -0.3 is 5.73 Å². The molecule has 1 aliphatic heterocycles. The van der Waals surface area contributed by atoms with Crippen LogP contribution in [0.1, 0.15) is 23.6 Å². The van der Waals surface area contributed by atoms with Crippen LogP contribution >= 0.6 is 11.8 Å². The summed E-state index contributed by atoms with van der Waals surface area (Å²) in [6, 6.07) is 4.72. The van der Waals surface area contributed by atoms with Gasteiger partial charge >= 0.3 is 0 Å². The molecule has 0 amide bonds. The molecule has 0 radical (unpaired) electrons. The molecule has 0 saturated heterocycles. The molecule has 1 heterocycles. The normalized spacial score (nSPS) is 22.1. The van der Waals surface area contributed by atoms with E-state index in [0.29, 0.717) is 5.25 Å². The summed E-state index contributed by atoms with van der Waals surface area (Å²) >= 11 is 1.96. The van der Waals surface area contributed by atoms with Crippen molar-refractivity contribution in [3.05, 3.63) is 28.8 Å². The average molecular weight is 207 g/mol. The summed E-state index contributed by atoms with van der Waals surface area (Å²) in [4.78, 5) is 1.48. The largest absolute Gasteiger partial charge is 0.327 e. The van der Waals surface area contributed by atoms with Gasteiger partial charge in [0.1, 0.15) is 0 Å². The molecule has 0 aliphatic carbocycles. The zero-order chi connectivity index (χ0) is 10.3. The standard InChI is InChI=1S/C12H17NS/c1-7-4-5-8(2)12-10(7)6-11(14-12)9(3)13/h4-5,9,11H,6,13H2,1-3H3. The Kier molecular flexibility index (Phi) is 2.58. The lowest BCUT2D eigenvalue weighted by molar-refractivity contribution is 0.691. The number of hydrogen-bond donors (Lipinski definition) is 1. The Hall–Kier alpha value is -0.470. The number of nitrogens with two attached hydrogens (primary N) is 1. The number of benzene rings is 1. The summed E-state index contributed by atoms with van der Waals surface area (Å²) in [5, 5.41) is 0.574. The molecule has 1 aromatic carbocycles. The van der Waals surface area contributed by atoms with E-state index in [1.807, 2.05) is 11.8 Å². The van der Waals surface area contributed by atoms with E-state index in [-0.39, 0.29) is 6.04 Å². The number of aryl methyl sites for hydroxylation is 2. The van der Waals surface area contributed by atoms with E-state index in [1.54, 1.807) is 0 Å². The van der Waals surface area contributed by atoms with Gasteiger partial charge in [-0.05, 0) is 43.9 Å². The van der Waals surface area contributed by atoms with E-state index in [4.69, 9.17) is 5.73 Å². The van der Waals surface area contributed by atoms with Crippen LogP contribution in [0, 0.1) is 13.8 Å². The Morgan fingerprint density at radius 2 is 2.00 bits per heavy atom. The lowest BCUT2D eigenvalue weighted by Gasteiger charge is -2.11. The van der Waals surface area contributed by atoms with Gasteiger partial charge in [-0.15, -0.1) is 11.8 Å². The van der Waals surface area contributed by atoms with Crippen LogP contribution in [-0.4, -0.2) is 11.3 Å². The molecular formula is C12H17NS. The summed E-state index contributed by atoms with van der Waals surface area (Å²) in [7, 11) is 0. The fraction of sp³-hybridized carbons (Fsp3) is 0.500. The molecule has 0 spiro atoms. The minimum Gasteiger partial charge on any atom is -0.327 e. The first-order valence-corrected chi connectivity index (χ1v) is 5.99. The zero-order valence-electron chi connectivity index (χ0n) is 9.00. The van der Waals surface area contributed by atoms with Gasteiger partial charge in [0.15, 0.2) is 0 Å². The van der Waals surface area contributed by atoms with Crippen molar-refractivity contribution in [3.63, 3.8) is 0 Å². The van der Waals surface area contributed by atoms with Crippen molar-refractivity contribution in [2.45, 2.75) is 43.4 Å². The first-order valence-electron chi connectivity index (χ1n) is 5.11. The molecule has 0 saturated carbocycles. The molecule has 2 unspecified atom stereocenters. The fourth-order valence-electron chi connectivity index (χ4n) is 1.95.